The average Bonchev–Trinajstić information content (AvgIpc) is 3.63. The lowest BCUT2D eigenvalue weighted by molar-refractivity contribution is 0.630. The number of nitrogens with zero attached hydrogens (tertiary/aromatic N) is 3. The van der Waals surface area contributed by atoms with E-state index in [0.717, 1.165) is 11.1 Å². The molecule has 1 fully saturated rings. The van der Waals surface area contributed by atoms with Crippen LogP contribution in [0.15, 0.2) is 55.7 Å². The van der Waals surface area contributed by atoms with Crippen LogP contribution in [0.1, 0.15) is 35.6 Å². The monoisotopic (exact) mass is 521 g/mol. The topological polar surface area (TPSA) is 107 Å². The van der Waals surface area contributed by atoms with Crippen molar-refractivity contribution in [2.24, 2.45) is 7.05 Å². The minimum atomic E-state index is -1.33. The smallest absolute Gasteiger partial charge is 0.336 e. The van der Waals surface area contributed by atoms with Gasteiger partial charge >= 0.3 is 5.69 Å². The van der Waals surface area contributed by atoms with Crippen molar-refractivity contribution in [2.45, 2.75) is 44.2 Å². The molecule has 0 amide bonds. The summed E-state index contributed by atoms with van der Waals surface area (Å²) in [6, 6.07) is 9.47. The van der Waals surface area contributed by atoms with Crippen LogP contribution in [-0.4, -0.2) is 17.9 Å². The van der Waals surface area contributed by atoms with Crippen molar-refractivity contribution in [3.05, 3.63) is 90.1 Å². The molecule has 0 saturated heterocycles. The van der Waals surface area contributed by atoms with Gasteiger partial charge in [-0.3, -0.25) is 23.3 Å². The second-order valence-corrected chi connectivity index (χ2v) is 10.8. The van der Waals surface area contributed by atoms with Gasteiger partial charge in [-0.05, 0) is 68.1 Å². The van der Waals surface area contributed by atoms with E-state index < -0.39 is 33.6 Å². The summed E-state index contributed by atoms with van der Waals surface area (Å²) in [6.45, 7) is 3.70. The molecule has 0 spiro atoms. The number of benzene rings is 2. The van der Waals surface area contributed by atoms with E-state index in [2.05, 4.69) is 10.0 Å². The van der Waals surface area contributed by atoms with Crippen molar-refractivity contribution in [1.29, 1.82) is 0 Å². The van der Waals surface area contributed by atoms with Gasteiger partial charge in [0.1, 0.15) is 28.0 Å². The van der Waals surface area contributed by atoms with E-state index in [1.165, 1.54) is 26.8 Å². The summed E-state index contributed by atoms with van der Waals surface area (Å²) >= 11 is 0. The zero-order valence-electron chi connectivity index (χ0n) is 20.4. The van der Waals surface area contributed by atoms with E-state index in [1.54, 1.807) is 44.2 Å². The maximum absolute atomic E-state index is 14.8. The summed E-state index contributed by atoms with van der Waals surface area (Å²) in [5.41, 5.74) is 0.920. The van der Waals surface area contributed by atoms with Gasteiger partial charge in [0.25, 0.3) is 11.1 Å². The first-order valence-corrected chi connectivity index (χ1v) is 13.0. The summed E-state index contributed by atoms with van der Waals surface area (Å²) in [5.74, 6) is -0.429. The quantitative estimate of drug-likeness (QED) is 0.430. The highest BCUT2D eigenvalue weighted by Gasteiger charge is 2.32. The highest BCUT2D eigenvalue weighted by atomic mass is 32.2. The number of aryl methyl sites for hydroxylation is 2. The number of pyridine rings is 1. The third kappa shape index (κ3) is 3.60. The lowest BCUT2D eigenvalue weighted by Crippen LogP contribution is -2.41. The number of anilines is 2. The first-order chi connectivity index (χ1) is 17.7. The van der Waals surface area contributed by atoms with Gasteiger partial charge in [0.2, 0.25) is 0 Å². The molecule has 37 heavy (non-hydrogen) atoms. The number of hydrogen-bond acceptors (Lipinski definition) is 5. The highest BCUT2D eigenvalue weighted by molar-refractivity contribution is 7.83. The van der Waals surface area contributed by atoms with Gasteiger partial charge in [0, 0.05) is 25.2 Å². The summed E-state index contributed by atoms with van der Waals surface area (Å²) in [5, 5.41) is 3.08. The average molecular weight is 522 g/mol. The van der Waals surface area contributed by atoms with Gasteiger partial charge < -0.3 is 5.32 Å². The molecule has 1 unspecified atom stereocenters. The van der Waals surface area contributed by atoms with E-state index in [0.29, 0.717) is 30.0 Å². The Morgan fingerprint density at radius 2 is 1.81 bits per heavy atom. The van der Waals surface area contributed by atoms with E-state index in [9.17, 15) is 23.0 Å². The normalized spacial score (nSPS) is 16.8. The van der Waals surface area contributed by atoms with Crippen molar-refractivity contribution in [1.82, 2.24) is 18.4 Å². The number of hydrogen-bond donors (Lipinski definition) is 2. The van der Waals surface area contributed by atoms with Gasteiger partial charge in [-0.15, -0.1) is 0 Å². The largest absolute Gasteiger partial charge is 0.338 e. The molecule has 6 rings (SSSR count). The van der Waals surface area contributed by atoms with E-state index >= 15 is 0 Å². The van der Waals surface area contributed by atoms with Crippen LogP contribution >= 0.6 is 0 Å². The maximum Gasteiger partial charge on any atom is 0.336 e. The number of aromatic nitrogens is 3. The molecular weight excluding hydrogens is 497 g/mol. The van der Waals surface area contributed by atoms with Crippen LogP contribution in [0.2, 0.25) is 0 Å². The summed E-state index contributed by atoms with van der Waals surface area (Å²) in [4.78, 5) is 41.7. The van der Waals surface area contributed by atoms with Crippen molar-refractivity contribution in [2.75, 3.05) is 5.32 Å². The molecule has 9 nitrogen and oxygen atoms in total. The summed E-state index contributed by atoms with van der Waals surface area (Å²) in [6.07, 6.45) is 1.38. The Labute approximate surface area is 212 Å². The first kappa shape index (κ1) is 23.6. The van der Waals surface area contributed by atoms with Crippen molar-refractivity contribution in [3.8, 4) is 5.69 Å². The van der Waals surface area contributed by atoms with Crippen molar-refractivity contribution >= 4 is 33.4 Å². The van der Waals surface area contributed by atoms with Crippen LogP contribution in [0.3, 0.4) is 0 Å². The fourth-order valence-electron chi connectivity index (χ4n) is 4.95. The fraction of sp³-hybridized carbons (Fsp3) is 0.269. The molecule has 11 heteroatoms. The van der Waals surface area contributed by atoms with Crippen LogP contribution in [0.4, 0.5) is 15.9 Å². The summed E-state index contributed by atoms with van der Waals surface area (Å²) in [7, 11) is 0.177. The van der Waals surface area contributed by atoms with Gasteiger partial charge in [-0.2, -0.15) is 0 Å². The molecule has 1 saturated carbocycles. The third-order valence-electron chi connectivity index (χ3n) is 7.03. The van der Waals surface area contributed by atoms with Gasteiger partial charge in [0.05, 0.1) is 21.8 Å². The molecule has 3 heterocycles. The first-order valence-electron chi connectivity index (χ1n) is 11.9. The Morgan fingerprint density at radius 1 is 1.05 bits per heavy atom. The number of fused-ring (bicyclic) bond motifs is 2. The van der Waals surface area contributed by atoms with Crippen molar-refractivity contribution in [3.63, 3.8) is 0 Å². The molecule has 1 atom stereocenters. The van der Waals surface area contributed by atoms with E-state index in [-0.39, 0.29) is 34.0 Å². The lowest BCUT2D eigenvalue weighted by atomic mass is 10.1. The van der Waals surface area contributed by atoms with Gasteiger partial charge in [0.15, 0.2) is 0 Å². The zero-order valence-corrected chi connectivity index (χ0v) is 21.2. The molecule has 1 aliphatic carbocycles. The van der Waals surface area contributed by atoms with Gasteiger partial charge in [-0.1, -0.05) is 6.07 Å². The summed E-state index contributed by atoms with van der Waals surface area (Å²) < 4.78 is 33.8. The van der Waals surface area contributed by atoms with Gasteiger partial charge in [-0.25, -0.2) is 18.1 Å². The third-order valence-corrected chi connectivity index (χ3v) is 8.23. The second kappa shape index (κ2) is 8.35. The molecule has 2 aromatic carbocycles. The molecule has 190 valence electrons. The van der Waals surface area contributed by atoms with Crippen LogP contribution in [-0.2, 0) is 24.6 Å². The molecule has 0 radical (unpaired) electrons. The van der Waals surface area contributed by atoms with Crippen LogP contribution in [0.25, 0.3) is 16.6 Å². The molecule has 2 aromatic heterocycles. The van der Waals surface area contributed by atoms with Crippen molar-refractivity contribution < 1.29 is 8.60 Å². The standard InChI is InChI=1S/C26H24FN5O4S/c1-13-4-8-19(18(27)10-13)29-23-21-22(14(2)24(33)30(23)3)31(26(35)32(25(21)34)16-5-6-16)17-7-9-20-15(11-17)12-28-37(20)36/h4,7-11,16,28-29H,5-6,12H2,1-3H3. The lowest BCUT2D eigenvalue weighted by Gasteiger charge is -2.21. The molecule has 4 aromatic rings. The number of halogens is 1. The van der Waals surface area contributed by atoms with Crippen LogP contribution < -0.4 is 26.8 Å². The van der Waals surface area contributed by atoms with Crippen LogP contribution in [0.5, 0.6) is 0 Å². The predicted octanol–water partition coefficient (Wildman–Crippen LogP) is 2.81. The fourth-order valence-corrected chi connectivity index (χ4v) is 5.95. The maximum atomic E-state index is 14.8. The number of rotatable bonds is 4. The molecule has 0 bridgehead atoms. The second-order valence-electron chi connectivity index (χ2n) is 9.58. The van der Waals surface area contributed by atoms with E-state index in [4.69, 9.17) is 0 Å². The molecule has 1 aliphatic heterocycles. The SMILES string of the molecule is Cc1ccc(Nc2c3c(=O)n(C4CC4)c(=O)n(-c4ccc5c(c4)CNS5=O)c3c(C)c(=O)n2C)c(F)c1. The Bertz CT molecular complexity index is 1850. The predicted molar refractivity (Wildman–Crippen MR) is 140 cm³/mol. The van der Waals surface area contributed by atoms with E-state index in [1.807, 2.05) is 0 Å². The highest BCUT2D eigenvalue weighted by Crippen LogP contribution is 2.34. The number of nitrogens with one attached hydrogen (secondary N) is 2. The molecule has 2 N–H and O–H groups in total. The Balaban J connectivity index is 1.73. The minimum absolute atomic E-state index is 0.102. The Morgan fingerprint density at radius 3 is 2.51 bits per heavy atom. The molecule has 2 aliphatic rings. The molecular formula is C26H24FN5O4S. The minimum Gasteiger partial charge on any atom is -0.338 e. The zero-order chi connectivity index (χ0) is 26.2. The Kier molecular flexibility index (Phi) is 5.32. The Hall–Kier alpha value is -3.83. The van der Waals surface area contributed by atoms with Crippen LogP contribution in [0, 0.1) is 19.7 Å².